The fourth-order valence-electron chi connectivity index (χ4n) is 2.68. The van der Waals surface area contributed by atoms with Crippen molar-refractivity contribution < 1.29 is 4.74 Å². The first-order valence-electron chi connectivity index (χ1n) is 7.57. The Bertz CT molecular complexity index is 394. The van der Waals surface area contributed by atoms with Crippen LogP contribution in [0.3, 0.4) is 0 Å². The summed E-state index contributed by atoms with van der Waals surface area (Å²) in [5.41, 5.74) is 1.77. The molecule has 19 heavy (non-hydrogen) atoms. The fourth-order valence-corrected chi connectivity index (χ4v) is 2.68. The van der Waals surface area contributed by atoms with Crippen LogP contribution in [0.4, 0.5) is 0 Å². The van der Waals surface area contributed by atoms with Crippen LogP contribution in [-0.2, 0) is 6.42 Å². The molecule has 1 fully saturated rings. The molecule has 0 heterocycles. The van der Waals surface area contributed by atoms with E-state index in [1.54, 1.807) is 7.11 Å². The van der Waals surface area contributed by atoms with E-state index in [2.05, 4.69) is 37.4 Å². The highest BCUT2D eigenvalue weighted by atomic mass is 16.5. The highest BCUT2D eigenvalue weighted by molar-refractivity contribution is 5.29. The molecule has 2 heteroatoms. The Morgan fingerprint density at radius 1 is 1.26 bits per heavy atom. The minimum atomic E-state index is 0.384. The second-order valence-electron chi connectivity index (χ2n) is 5.89. The van der Waals surface area contributed by atoms with Gasteiger partial charge < -0.3 is 10.1 Å². The first-order chi connectivity index (χ1) is 9.21. The molecule has 1 aromatic carbocycles. The van der Waals surface area contributed by atoms with Gasteiger partial charge in [-0.1, -0.05) is 26.0 Å². The number of hydrogen-bond acceptors (Lipinski definition) is 2. The lowest BCUT2D eigenvalue weighted by molar-refractivity contribution is 0.245. The number of nitrogens with one attached hydrogen (secondary N) is 1. The van der Waals surface area contributed by atoms with Crippen LogP contribution in [0.25, 0.3) is 0 Å². The highest BCUT2D eigenvalue weighted by Crippen LogP contribution is 2.32. The summed E-state index contributed by atoms with van der Waals surface area (Å²) in [7, 11) is 1.74. The van der Waals surface area contributed by atoms with Gasteiger partial charge in [0.1, 0.15) is 5.75 Å². The van der Waals surface area contributed by atoms with Crippen LogP contribution < -0.4 is 10.1 Å². The predicted molar refractivity (Wildman–Crippen MR) is 80.7 cm³/mol. The van der Waals surface area contributed by atoms with Crippen LogP contribution in [0.1, 0.15) is 45.1 Å². The molecule has 0 saturated heterocycles. The molecule has 2 rings (SSSR count). The maximum atomic E-state index is 5.33. The number of benzene rings is 1. The van der Waals surface area contributed by atoms with Crippen molar-refractivity contribution in [2.45, 2.75) is 52.0 Å². The topological polar surface area (TPSA) is 21.3 Å². The molecule has 1 aliphatic carbocycles. The molecule has 2 nitrogen and oxygen atoms in total. The number of hydrogen-bond donors (Lipinski definition) is 1. The number of ether oxygens (including phenoxy) is 1. The third-order valence-corrected chi connectivity index (χ3v) is 4.56. The summed E-state index contributed by atoms with van der Waals surface area (Å²) < 4.78 is 5.33. The van der Waals surface area contributed by atoms with Crippen molar-refractivity contribution in [3.05, 3.63) is 29.8 Å². The Kier molecular flexibility index (Phi) is 4.87. The summed E-state index contributed by atoms with van der Waals surface area (Å²) in [6.07, 6.45) is 6.31. The molecule has 1 aliphatic rings. The van der Waals surface area contributed by atoms with E-state index in [0.29, 0.717) is 5.41 Å². The van der Waals surface area contributed by atoms with Gasteiger partial charge in [0, 0.05) is 12.6 Å². The van der Waals surface area contributed by atoms with Gasteiger partial charge in [0.25, 0.3) is 0 Å². The van der Waals surface area contributed by atoms with Crippen LogP contribution in [0, 0.1) is 5.41 Å². The SMILES string of the molecule is CCC(CC)(CNC1CC1)Cc1cccc(OC)c1. The molecule has 0 unspecified atom stereocenters. The lowest BCUT2D eigenvalue weighted by Crippen LogP contribution is -2.36. The van der Waals surface area contributed by atoms with Crippen molar-refractivity contribution in [2.75, 3.05) is 13.7 Å². The lowest BCUT2D eigenvalue weighted by Gasteiger charge is -2.32. The van der Waals surface area contributed by atoms with E-state index >= 15 is 0 Å². The molecule has 1 saturated carbocycles. The predicted octanol–water partition coefficient (Wildman–Crippen LogP) is 3.80. The maximum Gasteiger partial charge on any atom is 0.119 e. The van der Waals surface area contributed by atoms with E-state index in [1.165, 1.54) is 31.2 Å². The second-order valence-corrected chi connectivity index (χ2v) is 5.89. The molecule has 0 amide bonds. The lowest BCUT2D eigenvalue weighted by atomic mass is 9.77. The average Bonchev–Trinajstić information content (AvgIpc) is 3.28. The van der Waals surface area contributed by atoms with Gasteiger partial charge in [0.05, 0.1) is 7.11 Å². The summed E-state index contributed by atoms with van der Waals surface area (Å²) in [6.45, 7) is 5.78. The molecule has 0 atom stereocenters. The Balaban J connectivity index is 2.04. The molecule has 106 valence electrons. The standard InChI is InChI=1S/C17H27NO/c1-4-17(5-2,13-18-15-9-10-15)12-14-7-6-8-16(11-14)19-3/h6-8,11,15,18H,4-5,9-10,12-13H2,1-3H3. The van der Waals surface area contributed by atoms with E-state index in [-0.39, 0.29) is 0 Å². The zero-order chi connectivity index (χ0) is 13.7. The molecule has 1 N–H and O–H groups in total. The minimum absolute atomic E-state index is 0.384. The van der Waals surface area contributed by atoms with Crippen molar-refractivity contribution in [1.29, 1.82) is 0 Å². The molecule has 0 radical (unpaired) electrons. The van der Waals surface area contributed by atoms with Crippen LogP contribution in [0.15, 0.2) is 24.3 Å². The van der Waals surface area contributed by atoms with Gasteiger partial charge in [-0.3, -0.25) is 0 Å². The zero-order valence-electron chi connectivity index (χ0n) is 12.5. The van der Waals surface area contributed by atoms with E-state index < -0.39 is 0 Å². The monoisotopic (exact) mass is 261 g/mol. The minimum Gasteiger partial charge on any atom is -0.497 e. The molecule has 1 aromatic rings. The summed E-state index contributed by atoms with van der Waals surface area (Å²) in [5, 5.41) is 3.72. The van der Waals surface area contributed by atoms with E-state index in [1.807, 2.05) is 6.07 Å². The first-order valence-corrected chi connectivity index (χ1v) is 7.57. The van der Waals surface area contributed by atoms with Crippen LogP contribution in [-0.4, -0.2) is 19.7 Å². The Hall–Kier alpha value is -1.02. The Labute approximate surface area is 117 Å². The molecule has 0 aliphatic heterocycles. The Morgan fingerprint density at radius 2 is 2.00 bits per heavy atom. The summed E-state index contributed by atoms with van der Waals surface area (Å²) >= 11 is 0. The fraction of sp³-hybridized carbons (Fsp3) is 0.647. The van der Waals surface area contributed by atoms with Gasteiger partial charge in [-0.25, -0.2) is 0 Å². The smallest absolute Gasteiger partial charge is 0.119 e. The highest BCUT2D eigenvalue weighted by Gasteiger charge is 2.30. The Morgan fingerprint density at radius 3 is 2.58 bits per heavy atom. The first kappa shape index (κ1) is 14.4. The molecular weight excluding hydrogens is 234 g/mol. The quantitative estimate of drug-likeness (QED) is 0.768. The van der Waals surface area contributed by atoms with Crippen LogP contribution >= 0.6 is 0 Å². The maximum absolute atomic E-state index is 5.33. The van der Waals surface area contributed by atoms with E-state index in [9.17, 15) is 0 Å². The average molecular weight is 261 g/mol. The van der Waals surface area contributed by atoms with E-state index in [4.69, 9.17) is 4.74 Å². The third-order valence-electron chi connectivity index (χ3n) is 4.56. The zero-order valence-corrected chi connectivity index (χ0v) is 12.5. The molecule has 0 spiro atoms. The third kappa shape index (κ3) is 3.97. The van der Waals surface area contributed by atoms with E-state index in [0.717, 1.165) is 24.8 Å². The number of rotatable bonds is 8. The van der Waals surface area contributed by atoms with Crippen LogP contribution in [0.2, 0.25) is 0 Å². The van der Waals surface area contributed by atoms with Crippen molar-refractivity contribution in [3.63, 3.8) is 0 Å². The number of methoxy groups -OCH3 is 1. The summed E-state index contributed by atoms with van der Waals surface area (Å²) in [4.78, 5) is 0. The van der Waals surface area contributed by atoms with Gasteiger partial charge in [-0.15, -0.1) is 0 Å². The van der Waals surface area contributed by atoms with Crippen molar-refractivity contribution in [1.82, 2.24) is 5.32 Å². The van der Waals surface area contributed by atoms with Gasteiger partial charge >= 0.3 is 0 Å². The largest absolute Gasteiger partial charge is 0.497 e. The van der Waals surface area contributed by atoms with Crippen LogP contribution in [0.5, 0.6) is 5.75 Å². The van der Waals surface area contributed by atoms with Crippen molar-refractivity contribution in [3.8, 4) is 5.75 Å². The normalized spacial score (nSPS) is 15.5. The van der Waals surface area contributed by atoms with Crippen molar-refractivity contribution in [2.24, 2.45) is 5.41 Å². The summed E-state index contributed by atoms with van der Waals surface area (Å²) in [5.74, 6) is 0.966. The van der Waals surface area contributed by atoms with Gasteiger partial charge in [-0.2, -0.15) is 0 Å². The molecular formula is C17H27NO. The molecule has 0 aromatic heterocycles. The van der Waals surface area contributed by atoms with Gasteiger partial charge in [-0.05, 0) is 55.2 Å². The summed E-state index contributed by atoms with van der Waals surface area (Å²) in [6, 6.07) is 9.31. The second kappa shape index (κ2) is 6.42. The van der Waals surface area contributed by atoms with Gasteiger partial charge in [0.2, 0.25) is 0 Å². The molecule has 0 bridgehead atoms. The van der Waals surface area contributed by atoms with Crippen molar-refractivity contribution >= 4 is 0 Å². The van der Waals surface area contributed by atoms with Gasteiger partial charge in [0.15, 0.2) is 0 Å².